The molecule has 0 aliphatic heterocycles. The largest absolute Gasteiger partial charge is 0.387 e. The standard InChI is InChI=1S/C15H24N4O2/c1-9-7-12(16-6)11(8-17-9)14(21)18-10(2)13(20)19-15(3,4)5/h7-8,10H,1-6H3,(H,16,17)(H,18,21)(H,19,20). The quantitative estimate of drug-likeness (QED) is 0.784. The molecule has 0 spiro atoms. The van der Waals surface area contributed by atoms with Crippen LogP contribution in [0.1, 0.15) is 43.7 Å². The molecule has 3 N–H and O–H groups in total. The van der Waals surface area contributed by atoms with Crippen molar-refractivity contribution in [3.63, 3.8) is 0 Å². The van der Waals surface area contributed by atoms with Gasteiger partial charge in [-0.05, 0) is 40.7 Å². The van der Waals surface area contributed by atoms with Gasteiger partial charge in [0.25, 0.3) is 5.91 Å². The van der Waals surface area contributed by atoms with Gasteiger partial charge >= 0.3 is 0 Å². The SMILES string of the molecule is CNc1cc(C)ncc1C(=O)NC(C)C(=O)NC(C)(C)C. The van der Waals surface area contributed by atoms with Crippen molar-refractivity contribution in [3.8, 4) is 0 Å². The van der Waals surface area contributed by atoms with E-state index < -0.39 is 6.04 Å². The summed E-state index contributed by atoms with van der Waals surface area (Å²) in [6.07, 6.45) is 1.50. The molecule has 0 aliphatic carbocycles. The zero-order chi connectivity index (χ0) is 16.2. The fourth-order valence-corrected chi connectivity index (χ4v) is 1.77. The van der Waals surface area contributed by atoms with Crippen LogP contribution < -0.4 is 16.0 Å². The first kappa shape index (κ1) is 16.9. The number of nitrogens with zero attached hydrogens (tertiary/aromatic N) is 1. The number of nitrogens with one attached hydrogen (secondary N) is 3. The average molecular weight is 292 g/mol. The zero-order valence-corrected chi connectivity index (χ0v) is 13.5. The van der Waals surface area contributed by atoms with Gasteiger partial charge in [0.2, 0.25) is 5.91 Å². The molecular formula is C15H24N4O2. The first-order chi connectivity index (χ1) is 9.64. The molecule has 116 valence electrons. The third-order valence-corrected chi connectivity index (χ3v) is 2.79. The van der Waals surface area contributed by atoms with Crippen molar-refractivity contribution in [1.29, 1.82) is 0 Å². The van der Waals surface area contributed by atoms with Crippen LogP contribution in [0.25, 0.3) is 0 Å². The van der Waals surface area contributed by atoms with Gasteiger partial charge in [-0.25, -0.2) is 0 Å². The number of hydrogen-bond acceptors (Lipinski definition) is 4. The van der Waals surface area contributed by atoms with Crippen molar-refractivity contribution in [1.82, 2.24) is 15.6 Å². The van der Waals surface area contributed by atoms with Gasteiger partial charge in [0, 0.05) is 24.5 Å². The molecule has 1 aromatic heterocycles. The summed E-state index contributed by atoms with van der Waals surface area (Å²) in [6, 6.07) is 1.16. The molecule has 0 fully saturated rings. The van der Waals surface area contributed by atoms with Crippen LogP contribution in [-0.2, 0) is 4.79 Å². The Bertz CT molecular complexity index is 535. The summed E-state index contributed by atoms with van der Waals surface area (Å²) >= 11 is 0. The van der Waals surface area contributed by atoms with Gasteiger partial charge in [0.1, 0.15) is 6.04 Å². The van der Waals surface area contributed by atoms with E-state index in [1.165, 1.54) is 6.20 Å². The minimum atomic E-state index is -0.622. The highest BCUT2D eigenvalue weighted by atomic mass is 16.2. The second-order valence-electron chi connectivity index (χ2n) is 6.06. The smallest absolute Gasteiger partial charge is 0.255 e. The van der Waals surface area contributed by atoms with Gasteiger partial charge in [-0.1, -0.05) is 0 Å². The Morgan fingerprint density at radius 2 is 1.90 bits per heavy atom. The second-order valence-corrected chi connectivity index (χ2v) is 6.06. The van der Waals surface area contributed by atoms with Gasteiger partial charge in [-0.15, -0.1) is 0 Å². The number of aromatic nitrogens is 1. The van der Waals surface area contributed by atoms with E-state index in [0.29, 0.717) is 11.3 Å². The molecule has 0 bridgehead atoms. The Balaban J connectivity index is 2.79. The monoisotopic (exact) mass is 292 g/mol. The fourth-order valence-electron chi connectivity index (χ4n) is 1.77. The minimum Gasteiger partial charge on any atom is -0.387 e. The van der Waals surface area contributed by atoms with Crippen molar-refractivity contribution in [2.24, 2.45) is 0 Å². The number of rotatable bonds is 4. The predicted octanol–water partition coefficient (Wildman–Crippen LogP) is 1.46. The fraction of sp³-hybridized carbons (Fsp3) is 0.533. The van der Waals surface area contributed by atoms with E-state index in [0.717, 1.165) is 5.69 Å². The Morgan fingerprint density at radius 3 is 2.43 bits per heavy atom. The van der Waals surface area contributed by atoms with Crippen LogP contribution in [0.2, 0.25) is 0 Å². The summed E-state index contributed by atoms with van der Waals surface area (Å²) in [7, 11) is 1.74. The molecule has 6 heteroatoms. The Hall–Kier alpha value is -2.11. The van der Waals surface area contributed by atoms with Crippen LogP contribution in [0, 0.1) is 6.92 Å². The van der Waals surface area contributed by atoms with Gasteiger partial charge < -0.3 is 16.0 Å². The molecule has 1 aromatic rings. The number of carbonyl (C=O) groups is 2. The van der Waals surface area contributed by atoms with Crippen LogP contribution in [0.4, 0.5) is 5.69 Å². The maximum atomic E-state index is 12.2. The Labute approximate surface area is 125 Å². The normalized spacial score (nSPS) is 12.5. The Morgan fingerprint density at radius 1 is 1.29 bits per heavy atom. The average Bonchev–Trinajstić information content (AvgIpc) is 2.36. The van der Waals surface area contributed by atoms with Crippen LogP contribution >= 0.6 is 0 Å². The lowest BCUT2D eigenvalue weighted by Gasteiger charge is -2.23. The minimum absolute atomic E-state index is 0.220. The maximum absolute atomic E-state index is 12.2. The number of anilines is 1. The maximum Gasteiger partial charge on any atom is 0.255 e. The van der Waals surface area contributed by atoms with Crippen LogP contribution in [0.5, 0.6) is 0 Å². The molecule has 0 radical (unpaired) electrons. The molecule has 1 atom stereocenters. The summed E-state index contributed by atoms with van der Waals surface area (Å²) < 4.78 is 0. The summed E-state index contributed by atoms with van der Waals surface area (Å²) in [5.41, 5.74) is 1.58. The lowest BCUT2D eigenvalue weighted by atomic mass is 10.1. The second kappa shape index (κ2) is 6.56. The number of hydrogen-bond donors (Lipinski definition) is 3. The van der Waals surface area contributed by atoms with E-state index in [9.17, 15) is 9.59 Å². The molecule has 0 aliphatic rings. The van der Waals surface area contributed by atoms with Crippen molar-refractivity contribution in [2.75, 3.05) is 12.4 Å². The van der Waals surface area contributed by atoms with Gasteiger partial charge in [-0.3, -0.25) is 14.6 Å². The molecule has 0 aromatic carbocycles. The number of pyridine rings is 1. The van der Waals surface area contributed by atoms with Crippen LogP contribution in [0.15, 0.2) is 12.3 Å². The predicted molar refractivity (Wildman–Crippen MR) is 83.3 cm³/mol. The highest BCUT2D eigenvalue weighted by molar-refractivity contribution is 6.01. The number of carbonyl (C=O) groups excluding carboxylic acids is 2. The molecule has 1 heterocycles. The molecule has 21 heavy (non-hydrogen) atoms. The highest BCUT2D eigenvalue weighted by Gasteiger charge is 2.22. The van der Waals surface area contributed by atoms with Crippen LogP contribution in [-0.4, -0.2) is 35.4 Å². The lowest BCUT2D eigenvalue weighted by Crippen LogP contribution is -2.50. The van der Waals surface area contributed by atoms with Crippen molar-refractivity contribution in [3.05, 3.63) is 23.5 Å². The molecular weight excluding hydrogens is 268 g/mol. The topological polar surface area (TPSA) is 83.1 Å². The van der Waals surface area contributed by atoms with Gasteiger partial charge in [0.05, 0.1) is 11.3 Å². The first-order valence-corrected chi connectivity index (χ1v) is 6.91. The number of amides is 2. The summed E-state index contributed by atoms with van der Waals surface area (Å²) in [5.74, 6) is -0.551. The van der Waals surface area contributed by atoms with E-state index >= 15 is 0 Å². The molecule has 2 amide bonds. The van der Waals surface area contributed by atoms with E-state index in [1.807, 2.05) is 27.7 Å². The Kier molecular flexibility index (Phi) is 5.29. The van der Waals surface area contributed by atoms with E-state index in [-0.39, 0.29) is 17.4 Å². The van der Waals surface area contributed by atoms with E-state index in [1.54, 1.807) is 20.0 Å². The molecule has 6 nitrogen and oxygen atoms in total. The molecule has 0 saturated carbocycles. The summed E-state index contributed by atoms with van der Waals surface area (Å²) in [5, 5.41) is 8.47. The third-order valence-electron chi connectivity index (χ3n) is 2.79. The van der Waals surface area contributed by atoms with E-state index in [2.05, 4.69) is 20.9 Å². The summed E-state index contributed by atoms with van der Waals surface area (Å²) in [4.78, 5) is 28.3. The third kappa shape index (κ3) is 5.06. The summed E-state index contributed by atoms with van der Waals surface area (Å²) in [6.45, 7) is 9.18. The number of aryl methyl sites for hydroxylation is 1. The van der Waals surface area contributed by atoms with Crippen molar-refractivity contribution in [2.45, 2.75) is 46.2 Å². The first-order valence-electron chi connectivity index (χ1n) is 6.91. The zero-order valence-electron chi connectivity index (χ0n) is 13.5. The lowest BCUT2D eigenvalue weighted by molar-refractivity contribution is -0.124. The molecule has 1 unspecified atom stereocenters. The van der Waals surface area contributed by atoms with Crippen molar-refractivity contribution < 1.29 is 9.59 Å². The van der Waals surface area contributed by atoms with Gasteiger partial charge in [-0.2, -0.15) is 0 Å². The van der Waals surface area contributed by atoms with Crippen molar-refractivity contribution >= 4 is 17.5 Å². The highest BCUT2D eigenvalue weighted by Crippen LogP contribution is 2.15. The molecule has 0 saturated heterocycles. The van der Waals surface area contributed by atoms with E-state index in [4.69, 9.17) is 0 Å². The molecule has 1 rings (SSSR count). The van der Waals surface area contributed by atoms with Gasteiger partial charge in [0.15, 0.2) is 0 Å². The van der Waals surface area contributed by atoms with Crippen LogP contribution in [0.3, 0.4) is 0 Å².